The molecule has 0 spiro atoms. The molecule has 0 aromatic heterocycles. The molecule has 0 aliphatic heterocycles. The Labute approximate surface area is 119 Å². The van der Waals surface area contributed by atoms with Gasteiger partial charge in [0, 0.05) is 12.6 Å². The van der Waals surface area contributed by atoms with Crippen LogP contribution in [0.4, 0.5) is 0 Å². The lowest BCUT2D eigenvalue weighted by atomic mass is 10.2. The van der Waals surface area contributed by atoms with Crippen LogP contribution in [0.15, 0.2) is 53.6 Å². The van der Waals surface area contributed by atoms with Crippen molar-refractivity contribution in [1.82, 2.24) is 5.43 Å². The van der Waals surface area contributed by atoms with E-state index in [2.05, 4.69) is 10.5 Å². The molecule has 0 fully saturated rings. The molecule has 2 rings (SSSR count). The first-order chi connectivity index (χ1) is 9.85. The fourth-order valence-corrected chi connectivity index (χ4v) is 1.81. The third-order valence-electron chi connectivity index (χ3n) is 2.79. The molecule has 2 aromatic rings. The zero-order chi connectivity index (χ0) is 14.2. The Kier molecular flexibility index (Phi) is 5.00. The van der Waals surface area contributed by atoms with Gasteiger partial charge in [-0.05, 0) is 17.7 Å². The summed E-state index contributed by atoms with van der Waals surface area (Å²) >= 11 is 0. The van der Waals surface area contributed by atoms with Gasteiger partial charge in [0.2, 0.25) is 0 Å². The second-order valence-electron chi connectivity index (χ2n) is 4.13. The predicted molar refractivity (Wildman–Crippen MR) is 80.4 cm³/mol. The van der Waals surface area contributed by atoms with Crippen molar-refractivity contribution in [1.29, 1.82) is 0 Å². The second-order valence-corrected chi connectivity index (χ2v) is 4.13. The van der Waals surface area contributed by atoms with Crippen LogP contribution in [0.2, 0.25) is 0 Å². The highest BCUT2D eigenvalue weighted by atomic mass is 16.5. The Balaban J connectivity index is 2.22. The molecule has 20 heavy (non-hydrogen) atoms. The van der Waals surface area contributed by atoms with Crippen molar-refractivity contribution in [2.24, 2.45) is 5.10 Å². The summed E-state index contributed by atoms with van der Waals surface area (Å²) in [5.74, 6) is 1.39. The SMILES string of the molecule is CN/N=C/c1cccc(OC)c1OCc1ccccc1. The minimum absolute atomic E-state index is 0.488. The van der Waals surface area contributed by atoms with E-state index in [0.717, 1.165) is 11.1 Å². The lowest BCUT2D eigenvalue weighted by Crippen LogP contribution is -2.02. The lowest BCUT2D eigenvalue weighted by Gasteiger charge is -2.13. The highest BCUT2D eigenvalue weighted by Crippen LogP contribution is 2.30. The number of hydrazone groups is 1. The lowest BCUT2D eigenvalue weighted by molar-refractivity contribution is 0.284. The molecule has 2 aromatic carbocycles. The maximum absolute atomic E-state index is 5.90. The summed E-state index contributed by atoms with van der Waals surface area (Å²) in [7, 11) is 3.38. The van der Waals surface area contributed by atoms with Crippen molar-refractivity contribution < 1.29 is 9.47 Å². The van der Waals surface area contributed by atoms with Crippen LogP contribution in [0.5, 0.6) is 11.5 Å². The molecule has 1 N–H and O–H groups in total. The second kappa shape index (κ2) is 7.19. The Bertz CT molecular complexity index is 568. The van der Waals surface area contributed by atoms with E-state index in [1.54, 1.807) is 20.4 Å². The summed E-state index contributed by atoms with van der Waals surface area (Å²) in [6.07, 6.45) is 1.71. The van der Waals surface area contributed by atoms with Crippen LogP contribution < -0.4 is 14.9 Å². The number of ether oxygens (including phenoxy) is 2. The van der Waals surface area contributed by atoms with Crippen molar-refractivity contribution in [3.63, 3.8) is 0 Å². The summed E-state index contributed by atoms with van der Waals surface area (Å²) in [6.45, 7) is 0.488. The molecule has 0 amide bonds. The minimum Gasteiger partial charge on any atom is -0.493 e. The average molecular weight is 270 g/mol. The van der Waals surface area contributed by atoms with Crippen LogP contribution in [0.3, 0.4) is 0 Å². The predicted octanol–water partition coefficient (Wildman–Crippen LogP) is 2.83. The molecule has 0 unspecified atom stereocenters. The van der Waals surface area contributed by atoms with Gasteiger partial charge in [0.05, 0.1) is 13.3 Å². The zero-order valence-corrected chi connectivity index (χ0v) is 11.7. The number of nitrogens with one attached hydrogen (secondary N) is 1. The Hall–Kier alpha value is -2.49. The highest BCUT2D eigenvalue weighted by molar-refractivity contribution is 5.84. The molecule has 0 heterocycles. The van der Waals surface area contributed by atoms with Gasteiger partial charge < -0.3 is 14.9 Å². The van der Waals surface area contributed by atoms with Crippen molar-refractivity contribution in [2.75, 3.05) is 14.2 Å². The molecule has 4 nitrogen and oxygen atoms in total. The normalized spacial score (nSPS) is 10.5. The first-order valence-corrected chi connectivity index (χ1v) is 6.38. The third-order valence-corrected chi connectivity index (χ3v) is 2.79. The molecule has 0 bridgehead atoms. The van der Waals surface area contributed by atoms with E-state index in [1.165, 1.54) is 0 Å². The molecule has 0 saturated carbocycles. The van der Waals surface area contributed by atoms with Gasteiger partial charge in [-0.1, -0.05) is 36.4 Å². The summed E-state index contributed by atoms with van der Waals surface area (Å²) in [6, 6.07) is 15.7. The van der Waals surface area contributed by atoms with Crippen LogP contribution in [-0.2, 0) is 6.61 Å². The maximum atomic E-state index is 5.90. The summed E-state index contributed by atoms with van der Waals surface area (Å²) in [5, 5.41) is 4.02. The van der Waals surface area contributed by atoms with Gasteiger partial charge >= 0.3 is 0 Å². The van der Waals surface area contributed by atoms with E-state index in [-0.39, 0.29) is 0 Å². The number of benzene rings is 2. The van der Waals surface area contributed by atoms with E-state index in [1.807, 2.05) is 48.5 Å². The molecule has 0 atom stereocenters. The molecule has 0 aliphatic carbocycles. The highest BCUT2D eigenvalue weighted by Gasteiger charge is 2.09. The van der Waals surface area contributed by atoms with Crippen LogP contribution in [0, 0.1) is 0 Å². The van der Waals surface area contributed by atoms with Crippen LogP contribution >= 0.6 is 0 Å². The van der Waals surface area contributed by atoms with Gasteiger partial charge in [-0.25, -0.2) is 0 Å². The number of methoxy groups -OCH3 is 1. The van der Waals surface area contributed by atoms with Gasteiger partial charge in [-0.2, -0.15) is 5.10 Å². The van der Waals surface area contributed by atoms with E-state index in [4.69, 9.17) is 9.47 Å². The summed E-state index contributed by atoms with van der Waals surface area (Å²) < 4.78 is 11.2. The van der Waals surface area contributed by atoms with Gasteiger partial charge in [-0.3, -0.25) is 0 Å². The maximum Gasteiger partial charge on any atom is 0.170 e. The van der Waals surface area contributed by atoms with Crippen LogP contribution in [0.1, 0.15) is 11.1 Å². The Morgan fingerprint density at radius 2 is 1.90 bits per heavy atom. The number of nitrogens with zero attached hydrogens (tertiary/aromatic N) is 1. The first kappa shape index (κ1) is 13.9. The molecule has 104 valence electrons. The number of hydrogen-bond acceptors (Lipinski definition) is 4. The van der Waals surface area contributed by atoms with Gasteiger partial charge in [0.15, 0.2) is 11.5 Å². The number of rotatable bonds is 6. The summed E-state index contributed by atoms with van der Waals surface area (Å²) in [4.78, 5) is 0. The summed E-state index contributed by atoms with van der Waals surface area (Å²) in [5.41, 5.74) is 4.70. The van der Waals surface area contributed by atoms with Gasteiger partial charge in [0.25, 0.3) is 0 Å². The Morgan fingerprint density at radius 1 is 1.10 bits per heavy atom. The topological polar surface area (TPSA) is 42.9 Å². The van der Waals surface area contributed by atoms with E-state index in [9.17, 15) is 0 Å². The van der Waals surface area contributed by atoms with Gasteiger partial charge in [0.1, 0.15) is 6.61 Å². The third kappa shape index (κ3) is 3.51. The van der Waals surface area contributed by atoms with Crippen molar-refractivity contribution in [3.05, 3.63) is 59.7 Å². The number of hydrogen-bond donors (Lipinski definition) is 1. The minimum atomic E-state index is 0.488. The van der Waals surface area contributed by atoms with E-state index < -0.39 is 0 Å². The monoisotopic (exact) mass is 270 g/mol. The molecule has 4 heteroatoms. The average Bonchev–Trinajstić information content (AvgIpc) is 2.52. The van der Waals surface area contributed by atoms with Crippen molar-refractivity contribution in [2.45, 2.75) is 6.61 Å². The molecule has 0 radical (unpaired) electrons. The molecular formula is C16H18N2O2. The standard InChI is InChI=1S/C16H18N2O2/c1-17-18-11-14-9-6-10-15(19-2)16(14)20-12-13-7-4-3-5-8-13/h3-11,17H,12H2,1-2H3/b18-11+. The van der Waals surface area contributed by atoms with Crippen LogP contribution in [-0.4, -0.2) is 20.4 Å². The van der Waals surface area contributed by atoms with Gasteiger partial charge in [-0.15, -0.1) is 0 Å². The Morgan fingerprint density at radius 3 is 2.60 bits per heavy atom. The number of para-hydroxylation sites is 1. The van der Waals surface area contributed by atoms with E-state index in [0.29, 0.717) is 18.1 Å². The first-order valence-electron chi connectivity index (χ1n) is 6.38. The molecular weight excluding hydrogens is 252 g/mol. The quantitative estimate of drug-likeness (QED) is 0.648. The fourth-order valence-electron chi connectivity index (χ4n) is 1.81. The smallest absolute Gasteiger partial charge is 0.170 e. The zero-order valence-electron chi connectivity index (χ0n) is 11.7. The molecule has 0 aliphatic rings. The van der Waals surface area contributed by atoms with Crippen molar-refractivity contribution in [3.8, 4) is 11.5 Å². The molecule has 0 saturated heterocycles. The van der Waals surface area contributed by atoms with Crippen LogP contribution in [0.25, 0.3) is 0 Å². The van der Waals surface area contributed by atoms with E-state index >= 15 is 0 Å². The largest absolute Gasteiger partial charge is 0.493 e. The fraction of sp³-hybridized carbons (Fsp3) is 0.188. The van der Waals surface area contributed by atoms with Crippen molar-refractivity contribution >= 4 is 6.21 Å².